The minimum absolute atomic E-state index is 0. The molecule has 0 amide bonds. The molecular formula is C2H5NbOTaW. The molecule has 1 nitrogen and oxygen atoms in total. The van der Waals surface area contributed by atoms with Gasteiger partial charge in [-0.1, -0.05) is 0 Å². The number of aliphatic hydroxyl groups is 1. The zero-order valence-electron chi connectivity index (χ0n) is 3.16. The second kappa shape index (κ2) is 15.7. The molecule has 0 aliphatic heterocycles. The third-order valence-corrected chi connectivity index (χ3v) is 0.819. The summed E-state index contributed by atoms with van der Waals surface area (Å²) in [5, 5.41) is 7.90. The van der Waals surface area contributed by atoms with E-state index in [0.717, 1.165) is 4.64 Å². The van der Waals surface area contributed by atoms with E-state index in [1.54, 1.807) is 0 Å². The Bertz CT molecular complexity index is 15.5. The summed E-state index contributed by atoms with van der Waals surface area (Å²) >= 11 is 1.30. The van der Waals surface area contributed by atoms with E-state index in [2.05, 4.69) is 0 Å². The van der Waals surface area contributed by atoms with Gasteiger partial charge in [-0.2, -0.15) is 0 Å². The fourth-order valence-corrected chi connectivity index (χ4v) is 0. The van der Waals surface area contributed by atoms with Gasteiger partial charge < -0.3 is 0 Å². The van der Waals surface area contributed by atoms with Crippen molar-refractivity contribution >= 4 is 0 Å². The third-order valence-electron chi connectivity index (χ3n) is 0.1000. The van der Waals surface area contributed by atoms with Crippen molar-refractivity contribution < 1.29 is 69.6 Å². The van der Waals surface area contributed by atoms with Crippen LogP contribution in [0.25, 0.3) is 0 Å². The maximum absolute atomic E-state index is 7.90. The van der Waals surface area contributed by atoms with Gasteiger partial charge in [0, 0.05) is 43.4 Å². The summed E-state index contributed by atoms with van der Waals surface area (Å²) in [5.74, 6) is 0. The maximum atomic E-state index is 7.90. The first-order valence-electron chi connectivity index (χ1n) is 1.13. The zero-order chi connectivity index (χ0) is 3.41. The Labute approximate surface area is 80.0 Å². The summed E-state index contributed by atoms with van der Waals surface area (Å²) in [4.78, 5) is 0. The molecule has 6 heavy (non-hydrogen) atoms. The van der Waals surface area contributed by atoms with Crippen LogP contribution in [0.1, 0.15) is 0 Å². The Kier molecular flexibility index (Phi) is 41.1. The molecule has 0 atom stereocenters. The van der Waals surface area contributed by atoms with Gasteiger partial charge in [-0.25, -0.2) is 0 Å². The Morgan fingerprint density at radius 2 is 1.67 bits per heavy atom. The van der Waals surface area contributed by atoms with Gasteiger partial charge in [0.2, 0.25) is 0 Å². The standard InChI is InChI=1S/C2H5O.Nb.Ta.W/c1-2-3;;;/h3H,1-2H2;;;. The van der Waals surface area contributed by atoms with Crippen LogP contribution in [0.3, 0.4) is 0 Å². The summed E-state index contributed by atoms with van der Waals surface area (Å²) in [6, 6.07) is 0. The van der Waals surface area contributed by atoms with Crippen molar-refractivity contribution in [2.24, 2.45) is 0 Å². The van der Waals surface area contributed by atoms with Crippen LogP contribution in [0.4, 0.5) is 0 Å². The largest absolute Gasteiger partial charge is 0 e. The Morgan fingerprint density at radius 1 is 1.50 bits per heavy atom. The quantitative estimate of drug-likeness (QED) is 0.498. The second-order valence-corrected chi connectivity index (χ2v) is 2.05. The van der Waals surface area contributed by atoms with E-state index in [1.165, 1.54) is 21.1 Å². The summed E-state index contributed by atoms with van der Waals surface area (Å²) < 4.78 is 0.986. The molecule has 1 N–H and O–H groups in total. The average Bonchev–Trinajstić information content (AvgIpc) is 1.37. The van der Waals surface area contributed by atoms with Crippen molar-refractivity contribution in [3.8, 4) is 0 Å². The van der Waals surface area contributed by atoms with Gasteiger partial charge >= 0.3 is 37.4 Å². The molecule has 0 aromatic heterocycles. The molecular weight excluding hydrogens is 498 g/mol. The molecule has 0 heterocycles. The number of hydrogen-bond donors (Lipinski definition) is 1. The first kappa shape index (κ1) is 15.7. The van der Waals surface area contributed by atoms with Gasteiger partial charge in [-0.3, -0.25) is 0 Å². The van der Waals surface area contributed by atoms with E-state index >= 15 is 0 Å². The van der Waals surface area contributed by atoms with Crippen LogP contribution in [0.15, 0.2) is 0 Å². The van der Waals surface area contributed by atoms with E-state index in [9.17, 15) is 0 Å². The molecule has 0 unspecified atom stereocenters. The smallest absolute Gasteiger partial charge is 0 e. The van der Waals surface area contributed by atoms with Gasteiger partial charge in [-0.05, 0) is 0 Å². The molecule has 0 aliphatic rings. The molecule has 0 fully saturated rings. The van der Waals surface area contributed by atoms with Gasteiger partial charge in [0.1, 0.15) is 0 Å². The van der Waals surface area contributed by atoms with Crippen LogP contribution in [0.5, 0.6) is 0 Å². The molecule has 0 spiro atoms. The van der Waals surface area contributed by atoms with Crippen molar-refractivity contribution in [1.29, 1.82) is 0 Å². The molecule has 1 radical (unpaired) electrons. The predicted molar refractivity (Wildman–Crippen MR) is 11.9 cm³/mol. The van der Waals surface area contributed by atoms with Crippen molar-refractivity contribution in [2.75, 3.05) is 6.61 Å². The molecule has 4 heteroatoms. The van der Waals surface area contributed by atoms with Crippen LogP contribution in [-0.2, 0) is 64.5 Å². The van der Waals surface area contributed by atoms with Crippen LogP contribution in [0, 0.1) is 0 Å². The molecule has 0 bridgehead atoms. The van der Waals surface area contributed by atoms with E-state index < -0.39 is 0 Å². The van der Waals surface area contributed by atoms with Gasteiger partial charge in [0.05, 0.1) is 0 Å². The van der Waals surface area contributed by atoms with Crippen molar-refractivity contribution in [1.82, 2.24) is 0 Å². The van der Waals surface area contributed by atoms with E-state index in [-0.39, 0.29) is 43.4 Å². The first-order valence-corrected chi connectivity index (χ1v) is 3.40. The van der Waals surface area contributed by atoms with Crippen molar-refractivity contribution in [3.05, 3.63) is 0 Å². The molecule has 0 aliphatic carbocycles. The number of aliphatic hydroxyl groups excluding tert-OH is 1. The predicted octanol–water partition coefficient (Wildman–Crippen LogP) is -0.0612. The van der Waals surface area contributed by atoms with Gasteiger partial charge in [0.15, 0.2) is 0 Å². The molecule has 0 aromatic carbocycles. The monoisotopic (exact) mass is 503 g/mol. The summed E-state index contributed by atoms with van der Waals surface area (Å²) in [7, 11) is 0. The average molecular weight is 503 g/mol. The second-order valence-electron chi connectivity index (χ2n) is 0.447. The topological polar surface area (TPSA) is 20.2 Å². The maximum Gasteiger partial charge on any atom is 0 e. The zero-order valence-corrected chi connectivity index (χ0v) is 11.5. The van der Waals surface area contributed by atoms with Crippen molar-refractivity contribution in [3.63, 3.8) is 0 Å². The fraction of sp³-hybridized carbons (Fsp3) is 1.00. The normalized spacial score (nSPS) is 4.83. The van der Waals surface area contributed by atoms with Crippen LogP contribution < -0.4 is 0 Å². The summed E-state index contributed by atoms with van der Waals surface area (Å²) in [6.45, 7) is 0.369. The number of hydrogen-bond acceptors (Lipinski definition) is 1. The summed E-state index contributed by atoms with van der Waals surface area (Å²) in [6.07, 6.45) is 0. The molecule has 0 rings (SSSR count). The SMILES string of the molecule is OC[CH2][Ta].[Nb].[W]. The summed E-state index contributed by atoms with van der Waals surface area (Å²) in [5.41, 5.74) is 0. The minimum atomic E-state index is 0. The van der Waals surface area contributed by atoms with Crippen LogP contribution in [0.2, 0.25) is 4.64 Å². The van der Waals surface area contributed by atoms with E-state index in [1.807, 2.05) is 0 Å². The third kappa shape index (κ3) is 16.5. The van der Waals surface area contributed by atoms with Gasteiger partial charge in [0.25, 0.3) is 0 Å². The van der Waals surface area contributed by atoms with E-state index in [0.29, 0.717) is 6.61 Å². The minimum Gasteiger partial charge on any atom is 0 e. The Balaban J connectivity index is -0.0000000450. The molecule has 0 aromatic rings. The van der Waals surface area contributed by atoms with Crippen LogP contribution in [-0.4, -0.2) is 11.7 Å². The van der Waals surface area contributed by atoms with Crippen molar-refractivity contribution in [2.45, 2.75) is 4.64 Å². The number of rotatable bonds is 1. The Hall–Kier alpha value is 2.13. The van der Waals surface area contributed by atoms with Crippen LogP contribution >= 0.6 is 0 Å². The van der Waals surface area contributed by atoms with E-state index in [4.69, 9.17) is 5.11 Å². The first-order chi connectivity index (χ1) is 1.91. The fourth-order valence-electron chi connectivity index (χ4n) is 0. The Morgan fingerprint density at radius 3 is 1.67 bits per heavy atom. The molecule has 0 saturated carbocycles. The molecule has 0 saturated heterocycles. The molecule has 35 valence electrons. The van der Waals surface area contributed by atoms with Gasteiger partial charge in [-0.15, -0.1) is 0 Å².